The van der Waals surface area contributed by atoms with E-state index in [4.69, 9.17) is 19.7 Å². The van der Waals surface area contributed by atoms with Crippen molar-refractivity contribution in [2.45, 2.75) is 32.6 Å². The highest BCUT2D eigenvalue weighted by atomic mass is 32.1. The minimum atomic E-state index is -1.00. The molecular formula is C29H29NO8S2. The largest absolute Gasteiger partial charge is 0.496 e. The summed E-state index contributed by atoms with van der Waals surface area (Å²) < 4.78 is 12.9. The van der Waals surface area contributed by atoms with Gasteiger partial charge in [0.2, 0.25) is 0 Å². The average molecular weight is 584 g/mol. The number of carbonyl (C=O) groups is 4. The number of carboxylic acid groups (broad SMARTS) is 2. The molecule has 0 spiro atoms. The number of nitrogens with one attached hydrogen (secondary N) is 1. The van der Waals surface area contributed by atoms with Crippen molar-refractivity contribution in [1.29, 1.82) is 0 Å². The van der Waals surface area contributed by atoms with Gasteiger partial charge in [-0.05, 0) is 53.1 Å². The van der Waals surface area contributed by atoms with Crippen LogP contribution in [-0.4, -0.2) is 54.5 Å². The Morgan fingerprint density at radius 3 is 2.02 bits per heavy atom. The number of carbonyl (C=O) groups excluding carboxylic acids is 2. The minimum absolute atomic E-state index is 0.0438. The van der Waals surface area contributed by atoms with Crippen LogP contribution in [0.4, 0.5) is 5.69 Å². The highest BCUT2D eigenvalue weighted by Gasteiger charge is 2.20. The fourth-order valence-electron chi connectivity index (χ4n) is 4.29. The molecule has 2 heterocycles. The second-order valence-corrected chi connectivity index (χ2v) is 11.5. The molecule has 2 aromatic carbocycles. The molecule has 0 aliphatic rings. The minimum Gasteiger partial charge on any atom is -0.496 e. The maximum Gasteiger partial charge on any atom is 0.306 e. The van der Waals surface area contributed by atoms with E-state index < -0.39 is 17.9 Å². The number of Topliss-reactive ketones (excluding diaryl/α,β-unsaturated/α-hetero) is 2. The summed E-state index contributed by atoms with van der Waals surface area (Å²) in [7, 11) is 3.16. The number of ketones is 2. The van der Waals surface area contributed by atoms with Gasteiger partial charge in [0.15, 0.2) is 11.6 Å². The molecule has 2 aromatic heterocycles. The number of fused-ring (bicyclic) bond motifs is 2. The zero-order valence-corrected chi connectivity index (χ0v) is 23.9. The summed E-state index contributed by atoms with van der Waals surface area (Å²) in [6.07, 6.45) is 0.311. The Balaban J connectivity index is 1.49. The molecule has 40 heavy (non-hydrogen) atoms. The summed E-state index contributed by atoms with van der Waals surface area (Å²) in [6.45, 7) is 2.07. The number of methoxy groups -OCH3 is 2. The second kappa shape index (κ2) is 12.5. The number of rotatable bonds is 14. The number of thiophene rings is 2. The SMILES string of the molecule is COc1cc2sc(C(=O)CC(C)C(=O)O)cc2cc1CCNc1cc2cc(C(=O)CCC(=O)O)sc2cc1OC. The molecule has 0 saturated carbocycles. The van der Waals surface area contributed by atoms with Crippen molar-refractivity contribution in [2.24, 2.45) is 5.92 Å². The van der Waals surface area contributed by atoms with Gasteiger partial charge in [-0.2, -0.15) is 0 Å². The van der Waals surface area contributed by atoms with Crippen LogP contribution in [0.5, 0.6) is 11.5 Å². The van der Waals surface area contributed by atoms with Crippen LogP contribution in [0.15, 0.2) is 36.4 Å². The Bertz CT molecular complexity index is 1600. The summed E-state index contributed by atoms with van der Waals surface area (Å²) in [4.78, 5) is 48.0. The van der Waals surface area contributed by atoms with Crippen LogP contribution < -0.4 is 14.8 Å². The molecule has 4 rings (SSSR count). The van der Waals surface area contributed by atoms with Crippen molar-refractivity contribution < 1.29 is 38.9 Å². The number of hydrogen-bond acceptors (Lipinski definition) is 9. The van der Waals surface area contributed by atoms with Gasteiger partial charge in [-0.15, -0.1) is 22.7 Å². The molecule has 1 atom stereocenters. The highest BCUT2D eigenvalue weighted by molar-refractivity contribution is 7.21. The number of ether oxygens (including phenoxy) is 2. The van der Waals surface area contributed by atoms with Gasteiger partial charge in [0.05, 0.1) is 42.0 Å². The molecule has 210 valence electrons. The number of benzene rings is 2. The van der Waals surface area contributed by atoms with E-state index in [1.54, 1.807) is 26.4 Å². The first-order valence-electron chi connectivity index (χ1n) is 12.6. The fraction of sp³-hybridized carbons (Fsp3) is 0.310. The van der Waals surface area contributed by atoms with Gasteiger partial charge < -0.3 is 25.0 Å². The van der Waals surface area contributed by atoms with Crippen LogP contribution in [0.25, 0.3) is 20.2 Å². The van der Waals surface area contributed by atoms with Crippen molar-refractivity contribution in [3.63, 3.8) is 0 Å². The first kappa shape index (κ1) is 29.0. The molecule has 0 radical (unpaired) electrons. The Morgan fingerprint density at radius 1 is 0.825 bits per heavy atom. The van der Waals surface area contributed by atoms with Crippen LogP contribution >= 0.6 is 22.7 Å². The molecule has 0 saturated heterocycles. The molecule has 11 heteroatoms. The lowest BCUT2D eigenvalue weighted by Crippen LogP contribution is -2.13. The highest BCUT2D eigenvalue weighted by Crippen LogP contribution is 2.37. The smallest absolute Gasteiger partial charge is 0.306 e. The molecule has 0 aliphatic heterocycles. The topological polar surface area (TPSA) is 139 Å². The van der Waals surface area contributed by atoms with E-state index in [2.05, 4.69) is 5.32 Å². The Hall–Kier alpha value is -3.96. The zero-order valence-electron chi connectivity index (χ0n) is 22.2. The third-order valence-corrected chi connectivity index (χ3v) is 8.77. The predicted molar refractivity (Wildman–Crippen MR) is 156 cm³/mol. The molecule has 0 fully saturated rings. The summed E-state index contributed by atoms with van der Waals surface area (Å²) >= 11 is 2.64. The third-order valence-electron chi connectivity index (χ3n) is 6.50. The van der Waals surface area contributed by atoms with Crippen molar-refractivity contribution >= 4 is 72.0 Å². The monoisotopic (exact) mass is 583 g/mol. The molecule has 0 amide bonds. The Kier molecular flexibility index (Phi) is 9.06. The van der Waals surface area contributed by atoms with Gasteiger partial charge >= 0.3 is 11.9 Å². The zero-order chi connectivity index (χ0) is 29.0. The quantitative estimate of drug-likeness (QED) is 0.150. The summed E-state index contributed by atoms with van der Waals surface area (Å²) in [5.41, 5.74) is 1.70. The third kappa shape index (κ3) is 6.60. The van der Waals surface area contributed by atoms with E-state index >= 15 is 0 Å². The molecule has 0 aliphatic carbocycles. The average Bonchev–Trinajstić information content (AvgIpc) is 3.54. The first-order valence-corrected chi connectivity index (χ1v) is 14.2. The van der Waals surface area contributed by atoms with Crippen LogP contribution in [0.3, 0.4) is 0 Å². The fourth-order valence-corrected chi connectivity index (χ4v) is 6.35. The van der Waals surface area contributed by atoms with Gasteiger partial charge in [0.25, 0.3) is 0 Å². The van der Waals surface area contributed by atoms with E-state index in [1.807, 2.05) is 24.3 Å². The van der Waals surface area contributed by atoms with Gasteiger partial charge in [-0.25, -0.2) is 0 Å². The lowest BCUT2D eigenvalue weighted by atomic mass is 10.0. The normalized spacial score (nSPS) is 11.9. The van der Waals surface area contributed by atoms with E-state index in [9.17, 15) is 19.2 Å². The van der Waals surface area contributed by atoms with Crippen LogP contribution in [0.1, 0.15) is 51.1 Å². The van der Waals surface area contributed by atoms with Gasteiger partial charge in [0.1, 0.15) is 11.5 Å². The van der Waals surface area contributed by atoms with Gasteiger partial charge in [-0.1, -0.05) is 6.92 Å². The predicted octanol–water partition coefficient (Wildman–Crippen LogP) is 6.13. The maximum absolute atomic E-state index is 12.6. The second-order valence-electron chi connectivity index (χ2n) is 9.37. The summed E-state index contributed by atoms with van der Waals surface area (Å²) in [6, 6.07) is 11.2. The van der Waals surface area contributed by atoms with E-state index in [-0.39, 0.29) is 30.8 Å². The summed E-state index contributed by atoms with van der Waals surface area (Å²) in [5, 5.41) is 23.1. The van der Waals surface area contributed by atoms with Gasteiger partial charge in [-0.3, -0.25) is 19.2 Å². The summed E-state index contributed by atoms with van der Waals surface area (Å²) in [5.74, 6) is -1.82. The van der Waals surface area contributed by atoms with E-state index in [0.717, 1.165) is 31.4 Å². The van der Waals surface area contributed by atoms with Crippen LogP contribution in [0.2, 0.25) is 0 Å². The first-order chi connectivity index (χ1) is 19.1. The van der Waals surface area contributed by atoms with Crippen molar-refractivity contribution in [2.75, 3.05) is 26.1 Å². The molecular weight excluding hydrogens is 554 g/mol. The van der Waals surface area contributed by atoms with Crippen molar-refractivity contribution in [3.05, 3.63) is 51.7 Å². The molecule has 1 unspecified atom stereocenters. The Morgan fingerprint density at radius 2 is 1.43 bits per heavy atom. The lowest BCUT2D eigenvalue weighted by Gasteiger charge is -2.13. The molecule has 4 aromatic rings. The number of carboxylic acids is 2. The number of anilines is 1. The lowest BCUT2D eigenvalue weighted by molar-refractivity contribution is -0.141. The Labute approximate surface area is 238 Å². The van der Waals surface area contributed by atoms with E-state index in [1.165, 1.54) is 29.6 Å². The maximum atomic E-state index is 12.6. The van der Waals surface area contributed by atoms with E-state index in [0.29, 0.717) is 34.2 Å². The molecule has 0 bridgehead atoms. The number of hydrogen-bond donors (Lipinski definition) is 3. The molecule has 3 N–H and O–H groups in total. The van der Waals surface area contributed by atoms with Crippen LogP contribution in [-0.2, 0) is 16.0 Å². The number of aliphatic carboxylic acids is 2. The standard InChI is InChI=1S/C29H29NO8S2/c1-15(29(35)36)8-21(32)27-11-17-9-16(22(37-2)13-24(17)40-27)6-7-30-19-10-18-12-26(20(31)4-5-28(33)34)39-25(18)14-23(19)38-3/h9-15,30H,4-8H2,1-3H3,(H,33,34)(H,35,36). The van der Waals surface area contributed by atoms with Crippen molar-refractivity contribution in [1.82, 2.24) is 0 Å². The van der Waals surface area contributed by atoms with Gasteiger partial charge in [0, 0.05) is 34.9 Å². The van der Waals surface area contributed by atoms with Crippen LogP contribution in [0, 0.1) is 5.92 Å². The van der Waals surface area contributed by atoms with Crippen molar-refractivity contribution in [3.8, 4) is 11.5 Å². The molecule has 9 nitrogen and oxygen atoms in total.